The Bertz CT molecular complexity index is 1670. The third-order valence-corrected chi connectivity index (χ3v) is 7.60. The Balaban J connectivity index is 2.16. The number of ketones is 4. The van der Waals surface area contributed by atoms with E-state index in [1.807, 2.05) is 0 Å². The largest absolute Gasteiger partial charge is 0.504 e. The van der Waals surface area contributed by atoms with E-state index in [4.69, 9.17) is 0 Å². The van der Waals surface area contributed by atoms with E-state index in [2.05, 4.69) is 0 Å². The van der Waals surface area contributed by atoms with Crippen molar-refractivity contribution in [2.45, 2.75) is 53.4 Å². The van der Waals surface area contributed by atoms with Crippen molar-refractivity contribution < 1.29 is 59.4 Å². The number of carbonyl (C=O) groups is 6. The van der Waals surface area contributed by atoms with E-state index in [9.17, 15) is 59.4 Å². The second kappa shape index (κ2) is 9.68. The van der Waals surface area contributed by atoms with Gasteiger partial charge in [0.2, 0.25) is 0 Å². The summed E-state index contributed by atoms with van der Waals surface area (Å²) < 4.78 is 0. The first-order valence-electron chi connectivity index (χ1n) is 12.7. The van der Waals surface area contributed by atoms with Crippen molar-refractivity contribution in [3.63, 3.8) is 0 Å². The van der Waals surface area contributed by atoms with Crippen LogP contribution in [0, 0.1) is 0 Å². The van der Waals surface area contributed by atoms with Gasteiger partial charge in [-0.3, -0.25) is 19.2 Å². The summed E-state index contributed by atoms with van der Waals surface area (Å²) in [6.45, 7) is 8.39. The summed E-state index contributed by atoms with van der Waals surface area (Å²) in [4.78, 5) is 80.0. The van der Waals surface area contributed by atoms with E-state index in [0.29, 0.717) is 0 Å². The molecule has 6 N–H and O–H groups in total. The van der Waals surface area contributed by atoms with Crippen LogP contribution < -0.4 is 0 Å². The lowest BCUT2D eigenvalue weighted by Crippen LogP contribution is -2.33. The SMILES string of the molecule is CC1=C(C2=C(C)C(=O)c3c(c(C(=O)O)c(O)c(O)c3C(C)C)C2=O)C(=O)c2c(C(=O)O)c(O)c(O)c(C(C)C)c2C1=O. The second-order valence-electron chi connectivity index (χ2n) is 10.7. The highest BCUT2D eigenvalue weighted by atomic mass is 16.4. The highest BCUT2D eigenvalue weighted by molar-refractivity contribution is 6.39. The van der Waals surface area contributed by atoms with Crippen molar-refractivity contribution in [3.05, 3.63) is 66.8 Å². The average molecular weight is 579 g/mol. The normalized spacial score (nSPS) is 15.1. The number of rotatable bonds is 5. The van der Waals surface area contributed by atoms with E-state index in [1.165, 1.54) is 27.7 Å². The molecule has 2 aliphatic carbocycles. The van der Waals surface area contributed by atoms with Gasteiger partial charge in [-0.1, -0.05) is 27.7 Å². The van der Waals surface area contributed by atoms with Crippen LogP contribution in [0.3, 0.4) is 0 Å². The Labute approximate surface area is 237 Å². The number of fused-ring (bicyclic) bond motifs is 2. The molecule has 0 radical (unpaired) electrons. The Morgan fingerprint density at radius 3 is 1.02 bits per heavy atom. The van der Waals surface area contributed by atoms with Gasteiger partial charge in [0.1, 0.15) is 11.1 Å². The number of phenols is 4. The molecule has 0 aromatic heterocycles. The van der Waals surface area contributed by atoms with Crippen LogP contribution in [0.1, 0.15) is 127 Å². The zero-order chi connectivity index (χ0) is 31.9. The topological polar surface area (TPSA) is 224 Å². The third-order valence-electron chi connectivity index (χ3n) is 7.60. The van der Waals surface area contributed by atoms with Gasteiger partial charge in [-0.05, 0) is 25.7 Å². The number of carboxylic acids is 2. The Morgan fingerprint density at radius 2 is 0.786 bits per heavy atom. The van der Waals surface area contributed by atoms with Crippen LogP contribution in [-0.4, -0.2) is 65.7 Å². The third kappa shape index (κ3) is 3.75. The van der Waals surface area contributed by atoms with Crippen LogP contribution in [0.2, 0.25) is 0 Å². The fourth-order valence-electron chi connectivity index (χ4n) is 5.75. The summed E-state index contributed by atoms with van der Waals surface area (Å²) in [5.74, 6) is -13.7. The molecule has 0 saturated heterocycles. The van der Waals surface area contributed by atoms with Crippen molar-refractivity contribution in [2.24, 2.45) is 0 Å². The number of Topliss-reactive ketones (excluding diaryl/α,β-unsaturated/α-hetero) is 4. The van der Waals surface area contributed by atoms with Gasteiger partial charge in [-0.25, -0.2) is 9.59 Å². The predicted molar refractivity (Wildman–Crippen MR) is 144 cm³/mol. The molecule has 12 nitrogen and oxygen atoms in total. The highest BCUT2D eigenvalue weighted by Crippen LogP contribution is 2.50. The number of hydrogen-bond acceptors (Lipinski definition) is 10. The quantitative estimate of drug-likeness (QED) is 0.274. The smallest absolute Gasteiger partial charge is 0.340 e. The van der Waals surface area contributed by atoms with Crippen molar-refractivity contribution in [1.82, 2.24) is 0 Å². The number of carboxylic acid groups (broad SMARTS) is 2. The number of aromatic carboxylic acids is 2. The lowest BCUT2D eigenvalue weighted by Gasteiger charge is -2.30. The molecule has 0 amide bonds. The second-order valence-corrected chi connectivity index (χ2v) is 10.7. The summed E-state index contributed by atoms with van der Waals surface area (Å²) in [7, 11) is 0. The molecular weight excluding hydrogens is 552 g/mol. The van der Waals surface area contributed by atoms with Gasteiger partial charge in [-0.15, -0.1) is 0 Å². The zero-order valence-corrected chi connectivity index (χ0v) is 23.3. The van der Waals surface area contributed by atoms with E-state index in [-0.39, 0.29) is 11.1 Å². The molecule has 0 bridgehead atoms. The minimum atomic E-state index is -1.87. The number of carbonyl (C=O) groups excluding carboxylic acids is 4. The van der Waals surface area contributed by atoms with Crippen molar-refractivity contribution in [1.29, 1.82) is 0 Å². The van der Waals surface area contributed by atoms with Crippen LogP contribution in [0.4, 0.5) is 0 Å². The number of allylic oxidation sites excluding steroid dienone is 4. The van der Waals surface area contributed by atoms with Gasteiger partial charge in [0, 0.05) is 44.5 Å². The molecule has 42 heavy (non-hydrogen) atoms. The van der Waals surface area contributed by atoms with Crippen LogP contribution in [-0.2, 0) is 0 Å². The Morgan fingerprint density at radius 1 is 0.500 bits per heavy atom. The lowest BCUT2D eigenvalue weighted by atomic mass is 9.70. The van der Waals surface area contributed by atoms with Gasteiger partial charge < -0.3 is 30.6 Å². The molecule has 2 aromatic rings. The van der Waals surface area contributed by atoms with Gasteiger partial charge in [0.15, 0.2) is 46.1 Å². The van der Waals surface area contributed by atoms with E-state index < -0.39 is 126 Å². The van der Waals surface area contributed by atoms with Gasteiger partial charge in [0.25, 0.3) is 0 Å². The molecule has 0 fully saturated rings. The first-order chi connectivity index (χ1) is 19.4. The molecule has 2 aliphatic rings. The number of aromatic hydroxyl groups is 4. The molecule has 2 aromatic carbocycles. The minimum Gasteiger partial charge on any atom is -0.504 e. The first-order valence-corrected chi connectivity index (χ1v) is 12.7. The number of phenolic OH excluding ortho intramolecular Hbond substituents is 2. The molecular formula is C30H26O12. The minimum absolute atomic E-state index is 0.207. The molecule has 0 unspecified atom stereocenters. The van der Waals surface area contributed by atoms with Gasteiger partial charge in [-0.2, -0.15) is 0 Å². The van der Waals surface area contributed by atoms with Crippen molar-refractivity contribution in [2.75, 3.05) is 0 Å². The highest BCUT2D eigenvalue weighted by Gasteiger charge is 2.46. The molecule has 0 saturated carbocycles. The maximum absolute atomic E-state index is 14.1. The molecule has 0 aliphatic heterocycles. The zero-order valence-electron chi connectivity index (χ0n) is 23.3. The number of hydrogen-bond donors (Lipinski definition) is 6. The monoisotopic (exact) mass is 578 g/mol. The molecule has 12 heteroatoms. The number of benzene rings is 2. The summed E-state index contributed by atoms with van der Waals surface area (Å²) >= 11 is 0. The summed E-state index contributed by atoms with van der Waals surface area (Å²) in [5, 5.41) is 62.0. The predicted octanol–water partition coefficient (Wildman–Crippen LogP) is 4.24. The first kappa shape index (κ1) is 29.7. The fraction of sp³-hybridized carbons (Fsp3) is 0.267. The maximum atomic E-state index is 14.1. The van der Waals surface area contributed by atoms with E-state index >= 15 is 0 Å². The van der Waals surface area contributed by atoms with E-state index in [0.717, 1.165) is 13.8 Å². The van der Waals surface area contributed by atoms with Gasteiger partial charge >= 0.3 is 11.9 Å². The lowest BCUT2D eigenvalue weighted by molar-refractivity contribution is 0.0678. The fourth-order valence-corrected chi connectivity index (χ4v) is 5.75. The van der Waals surface area contributed by atoms with Crippen LogP contribution in [0.15, 0.2) is 22.3 Å². The van der Waals surface area contributed by atoms with Crippen LogP contribution in [0.25, 0.3) is 0 Å². The van der Waals surface area contributed by atoms with Crippen LogP contribution in [0.5, 0.6) is 23.0 Å². The van der Waals surface area contributed by atoms with Gasteiger partial charge in [0.05, 0.1) is 11.1 Å². The Hall–Kier alpha value is -5.26. The molecule has 218 valence electrons. The summed E-state index contributed by atoms with van der Waals surface area (Å²) in [6, 6.07) is 0. The van der Waals surface area contributed by atoms with Crippen molar-refractivity contribution in [3.8, 4) is 23.0 Å². The Kier molecular flexibility index (Phi) is 6.85. The van der Waals surface area contributed by atoms with Crippen molar-refractivity contribution >= 4 is 35.1 Å². The molecule has 0 spiro atoms. The molecule has 4 rings (SSSR count). The van der Waals surface area contributed by atoms with E-state index in [1.54, 1.807) is 0 Å². The van der Waals surface area contributed by atoms with Crippen LogP contribution >= 0.6 is 0 Å². The molecule has 0 atom stereocenters. The standard InChI is InChI=1S/C30H26O12/c1-7(2)11-15-17(19(29(39)40)27(37)25(11)35)23(33)13(9(5)21(15)31)14-10(6)22(32)16-12(8(3)4)26(36)28(38)20(30(41)42)18(16)24(14)34/h7-8,35-38H,1-6H3,(H,39,40)(H,41,42). The molecule has 0 heterocycles. The summed E-state index contributed by atoms with van der Waals surface area (Å²) in [5.41, 5.74) is -7.43. The summed E-state index contributed by atoms with van der Waals surface area (Å²) in [6.07, 6.45) is 0. The maximum Gasteiger partial charge on any atom is 0.340 e. The average Bonchev–Trinajstić information content (AvgIpc) is 2.88.